The number of benzene rings is 2. The second-order valence-electron chi connectivity index (χ2n) is 8.06. The molecule has 0 saturated carbocycles. The Hall–Kier alpha value is -2.71. The number of methoxy groups -OCH3 is 1. The van der Waals surface area contributed by atoms with E-state index in [2.05, 4.69) is 5.32 Å². The number of amides is 1. The minimum absolute atomic E-state index is 0.0660. The van der Waals surface area contributed by atoms with Gasteiger partial charge in [0.25, 0.3) is 0 Å². The van der Waals surface area contributed by atoms with Crippen LogP contribution in [0.1, 0.15) is 40.7 Å². The molecule has 1 saturated heterocycles. The number of sulfonamides is 1. The molecule has 2 aromatic carbocycles. The number of carbonyl (C=O) groups is 2. The zero-order valence-electron chi connectivity index (χ0n) is 18.5. The van der Waals surface area contributed by atoms with E-state index >= 15 is 0 Å². The molecule has 0 bridgehead atoms. The highest BCUT2D eigenvalue weighted by Gasteiger charge is 2.32. The summed E-state index contributed by atoms with van der Waals surface area (Å²) in [5.74, 6) is -1.08. The van der Waals surface area contributed by atoms with Gasteiger partial charge in [0, 0.05) is 18.8 Å². The van der Waals surface area contributed by atoms with Crippen LogP contribution in [0.25, 0.3) is 0 Å². The number of nitrogens with zero attached hydrogens (tertiary/aromatic N) is 1. The summed E-state index contributed by atoms with van der Waals surface area (Å²) in [6.07, 6.45) is 2.50. The van der Waals surface area contributed by atoms with Crippen LogP contribution in [-0.2, 0) is 26.0 Å². The number of carbonyl (C=O) groups excluding carboxylic acids is 2. The summed E-state index contributed by atoms with van der Waals surface area (Å²) < 4.78 is 31.9. The van der Waals surface area contributed by atoms with Gasteiger partial charge in [0.2, 0.25) is 15.9 Å². The number of esters is 1. The molecule has 172 valence electrons. The van der Waals surface area contributed by atoms with Crippen LogP contribution in [0, 0.1) is 12.8 Å². The van der Waals surface area contributed by atoms with Crippen LogP contribution >= 0.6 is 0 Å². The van der Waals surface area contributed by atoms with Crippen molar-refractivity contribution in [2.45, 2.75) is 32.6 Å². The van der Waals surface area contributed by atoms with Gasteiger partial charge in [-0.3, -0.25) is 4.79 Å². The SMILES string of the molecule is COC(=O)c1cccc(NC(=O)C2CCCN(S(=O)(=O)CCCc3ccccc3)C2)c1C. The maximum absolute atomic E-state index is 12.9. The largest absolute Gasteiger partial charge is 0.465 e. The fraction of sp³-hybridized carbons (Fsp3) is 0.417. The summed E-state index contributed by atoms with van der Waals surface area (Å²) in [7, 11) is -2.12. The number of nitrogens with one attached hydrogen (secondary N) is 1. The lowest BCUT2D eigenvalue weighted by molar-refractivity contribution is -0.120. The summed E-state index contributed by atoms with van der Waals surface area (Å²) in [5.41, 5.74) is 2.65. The molecule has 1 fully saturated rings. The van der Waals surface area contributed by atoms with Gasteiger partial charge < -0.3 is 10.1 Å². The molecule has 8 heteroatoms. The second-order valence-corrected chi connectivity index (χ2v) is 10.1. The van der Waals surface area contributed by atoms with Crippen molar-refractivity contribution in [1.29, 1.82) is 0 Å². The first-order chi connectivity index (χ1) is 15.3. The van der Waals surface area contributed by atoms with E-state index in [4.69, 9.17) is 4.74 Å². The van der Waals surface area contributed by atoms with Crippen molar-refractivity contribution >= 4 is 27.6 Å². The lowest BCUT2D eigenvalue weighted by atomic mass is 9.98. The monoisotopic (exact) mass is 458 g/mol. The average Bonchev–Trinajstić information content (AvgIpc) is 2.80. The highest BCUT2D eigenvalue weighted by molar-refractivity contribution is 7.89. The molecular formula is C24H30N2O5S. The van der Waals surface area contributed by atoms with Crippen LogP contribution in [0.4, 0.5) is 5.69 Å². The minimum Gasteiger partial charge on any atom is -0.465 e. The predicted octanol–water partition coefficient (Wildman–Crippen LogP) is 3.39. The third kappa shape index (κ3) is 5.95. The number of hydrogen-bond acceptors (Lipinski definition) is 5. The first-order valence-electron chi connectivity index (χ1n) is 10.8. The number of ether oxygens (including phenoxy) is 1. The van der Waals surface area contributed by atoms with Crippen LogP contribution < -0.4 is 5.32 Å². The van der Waals surface area contributed by atoms with Crippen molar-refractivity contribution in [2.75, 3.05) is 31.3 Å². The lowest BCUT2D eigenvalue weighted by Gasteiger charge is -2.31. The van der Waals surface area contributed by atoms with Crippen molar-refractivity contribution in [3.8, 4) is 0 Å². The molecule has 0 aromatic heterocycles. The normalized spacial score (nSPS) is 17.0. The molecule has 1 aliphatic rings. The van der Waals surface area contributed by atoms with Crippen LogP contribution in [0.15, 0.2) is 48.5 Å². The number of rotatable bonds is 8. The molecule has 0 aliphatic carbocycles. The molecule has 1 aliphatic heterocycles. The van der Waals surface area contributed by atoms with Crippen LogP contribution in [0.3, 0.4) is 0 Å². The number of hydrogen-bond donors (Lipinski definition) is 1. The van der Waals surface area contributed by atoms with Gasteiger partial charge in [-0.05, 0) is 55.9 Å². The zero-order chi connectivity index (χ0) is 23.1. The molecule has 1 amide bonds. The Balaban J connectivity index is 1.60. The summed E-state index contributed by atoms with van der Waals surface area (Å²) >= 11 is 0. The van der Waals surface area contributed by atoms with Gasteiger partial charge in [-0.1, -0.05) is 36.4 Å². The summed E-state index contributed by atoms with van der Waals surface area (Å²) in [4.78, 5) is 24.8. The molecule has 0 spiro atoms. The van der Waals surface area contributed by atoms with Gasteiger partial charge in [0.1, 0.15) is 0 Å². The van der Waals surface area contributed by atoms with Crippen molar-refractivity contribution in [2.24, 2.45) is 5.92 Å². The second kappa shape index (κ2) is 10.7. The molecule has 1 heterocycles. The Labute approximate surface area is 189 Å². The fourth-order valence-electron chi connectivity index (χ4n) is 3.98. The smallest absolute Gasteiger partial charge is 0.338 e. The zero-order valence-corrected chi connectivity index (χ0v) is 19.4. The van der Waals surface area contributed by atoms with Gasteiger partial charge >= 0.3 is 5.97 Å². The minimum atomic E-state index is -3.43. The molecule has 2 aromatic rings. The van der Waals surface area contributed by atoms with Crippen molar-refractivity contribution < 1.29 is 22.7 Å². The Morgan fingerprint density at radius 3 is 2.59 bits per heavy atom. The summed E-state index contributed by atoms with van der Waals surface area (Å²) in [6, 6.07) is 14.9. The van der Waals surface area contributed by atoms with E-state index in [1.807, 2.05) is 30.3 Å². The molecule has 7 nitrogen and oxygen atoms in total. The van der Waals surface area contributed by atoms with Crippen LogP contribution in [0.2, 0.25) is 0 Å². The van der Waals surface area contributed by atoms with Crippen LogP contribution in [0.5, 0.6) is 0 Å². The molecule has 1 unspecified atom stereocenters. The topological polar surface area (TPSA) is 92.8 Å². The third-order valence-corrected chi connectivity index (χ3v) is 7.78. The maximum atomic E-state index is 12.9. The Bertz CT molecular complexity index is 1050. The molecule has 32 heavy (non-hydrogen) atoms. The highest BCUT2D eigenvalue weighted by Crippen LogP contribution is 2.24. The highest BCUT2D eigenvalue weighted by atomic mass is 32.2. The van der Waals surface area contributed by atoms with E-state index in [9.17, 15) is 18.0 Å². The fourth-order valence-corrected chi connectivity index (χ4v) is 5.56. The Morgan fingerprint density at radius 2 is 1.88 bits per heavy atom. The van der Waals surface area contributed by atoms with Gasteiger partial charge in [-0.25, -0.2) is 17.5 Å². The van der Waals surface area contributed by atoms with E-state index < -0.39 is 21.9 Å². The Kier molecular flexibility index (Phi) is 8.04. The number of anilines is 1. The van der Waals surface area contributed by atoms with Gasteiger partial charge in [0.05, 0.1) is 24.3 Å². The molecule has 1 atom stereocenters. The number of aryl methyl sites for hydroxylation is 1. The van der Waals surface area contributed by atoms with E-state index in [0.29, 0.717) is 49.0 Å². The van der Waals surface area contributed by atoms with E-state index in [-0.39, 0.29) is 18.2 Å². The average molecular weight is 459 g/mol. The quantitative estimate of drug-likeness (QED) is 0.612. The van der Waals surface area contributed by atoms with E-state index in [1.54, 1.807) is 25.1 Å². The predicted molar refractivity (Wildman–Crippen MR) is 124 cm³/mol. The molecule has 3 rings (SSSR count). The lowest BCUT2D eigenvalue weighted by Crippen LogP contribution is -2.44. The van der Waals surface area contributed by atoms with Gasteiger partial charge in [-0.2, -0.15) is 0 Å². The van der Waals surface area contributed by atoms with Gasteiger partial charge in [0.15, 0.2) is 0 Å². The van der Waals surface area contributed by atoms with E-state index in [0.717, 1.165) is 5.56 Å². The van der Waals surface area contributed by atoms with Crippen molar-refractivity contribution in [1.82, 2.24) is 4.31 Å². The Morgan fingerprint density at radius 1 is 1.12 bits per heavy atom. The van der Waals surface area contributed by atoms with Crippen molar-refractivity contribution in [3.05, 3.63) is 65.2 Å². The summed E-state index contributed by atoms with van der Waals surface area (Å²) in [5, 5.41) is 2.87. The maximum Gasteiger partial charge on any atom is 0.338 e. The summed E-state index contributed by atoms with van der Waals surface area (Å²) in [6.45, 7) is 2.36. The molecule has 1 N–H and O–H groups in total. The molecular weight excluding hydrogens is 428 g/mol. The first kappa shape index (κ1) is 23.9. The third-order valence-electron chi connectivity index (χ3n) is 5.86. The number of piperidine rings is 1. The first-order valence-corrected chi connectivity index (χ1v) is 12.4. The van der Waals surface area contributed by atoms with Gasteiger partial charge in [-0.15, -0.1) is 0 Å². The molecule has 0 radical (unpaired) electrons. The van der Waals surface area contributed by atoms with Crippen LogP contribution in [-0.4, -0.2) is 50.6 Å². The van der Waals surface area contributed by atoms with Crippen molar-refractivity contribution in [3.63, 3.8) is 0 Å². The standard InChI is InChI=1S/C24H30N2O5S/c1-18-21(24(28)31-2)13-6-14-22(18)25-23(27)20-12-7-15-26(17-20)32(29,30)16-8-11-19-9-4-3-5-10-19/h3-6,9-10,13-14,20H,7-8,11-12,15-17H2,1-2H3,(H,25,27). The van der Waals surface area contributed by atoms with E-state index in [1.165, 1.54) is 11.4 Å².